The smallest absolute Gasteiger partial charge is 0.337 e. The summed E-state index contributed by atoms with van der Waals surface area (Å²) in [5, 5.41) is 19.8. The van der Waals surface area contributed by atoms with E-state index in [-0.39, 0.29) is 11.1 Å². The van der Waals surface area contributed by atoms with Gasteiger partial charge in [0.05, 0.1) is 28.1 Å². The first-order chi connectivity index (χ1) is 9.40. The third-order valence-corrected chi connectivity index (χ3v) is 6.14. The molecule has 0 amide bonds. The molecule has 3 aromatic rings. The number of thiophene rings is 2. The molecule has 0 aliphatic rings. The summed E-state index contributed by atoms with van der Waals surface area (Å²) in [5.74, 6) is -2.12. The second-order valence-electron chi connectivity index (χ2n) is 3.95. The van der Waals surface area contributed by atoms with Crippen molar-refractivity contribution in [1.29, 1.82) is 0 Å². The van der Waals surface area contributed by atoms with Crippen molar-refractivity contribution in [2.24, 2.45) is 0 Å². The zero-order valence-electron chi connectivity index (χ0n) is 9.44. The summed E-state index contributed by atoms with van der Waals surface area (Å²) in [4.78, 5) is 23.1. The zero-order chi connectivity index (χ0) is 14.6. The summed E-state index contributed by atoms with van der Waals surface area (Å²) in [5.41, 5.74) is 0.301. The number of carboxylic acid groups (broad SMARTS) is 2. The fraction of sp³-hybridized carbons (Fsp3) is 0. The molecule has 20 heavy (non-hydrogen) atoms. The lowest BCUT2D eigenvalue weighted by atomic mass is 10.0. The molecule has 0 fully saturated rings. The number of carbonyl (C=O) groups is 2. The fourth-order valence-electron chi connectivity index (χ4n) is 2.13. The van der Waals surface area contributed by atoms with E-state index in [9.17, 15) is 19.8 Å². The van der Waals surface area contributed by atoms with Crippen LogP contribution in [0, 0.1) is 0 Å². The van der Waals surface area contributed by atoms with Crippen LogP contribution in [0.3, 0.4) is 0 Å². The van der Waals surface area contributed by atoms with Crippen LogP contribution in [0.2, 0.25) is 0 Å². The highest BCUT2D eigenvalue weighted by Crippen LogP contribution is 2.43. The predicted molar refractivity (Wildman–Crippen MR) is 86.5 cm³/mol. The number of fused-ring (bicyclic) bond motifs is 2. The Bertz CT molecular complexity index is 767. The summed E-state index contributed by atoms with van der Waals surface area (Å²) in [6.45, 7) is 0. The molecule has 102 valence electrons. The van der Waals surface area contributed by atoms with Crippen molar-refractivity contribution in [3.05, 3.63) is 30.8 Å². The lowest BCUT2D eigenvalue weighted by molar-refractivity contribution is 0.0687. The molecule has 1 aromatic carbocycles. The Hall–Kier alpha value is -0.960. The number of halogens is 2. The van der Waals surface area contributed by atoms with Crippen LogP contribution < -0.4 is 0 Å². The van der Waals surface area contributed by atoms with Gasteiger partial charge in [-0.15, -0.1) is 22.7 Å². The van der Waals surface area contributed by atoms with Crippen LogP contribution in [0.5, 0.6) is 0 Å². The Balaban J connectivity index is 2.67. The SMILES string of the molecule is O=C(O)c1c2cc(Br)sc2c(C(=O)O)c2cc(Br)sc12. The summed E-state index contributed by atoms with van der Waals surface area (Å²) >= 11 is 9.04. The van der Waals surface area contributed by atoms with Gasteiger partial charge < -0.3 is 10.2 Å². The largest absolute Gasteiger partial charge is 0.478 e. The molecule has 0 saturated carbocycles. The fourth-order valence-corrected chi connectivity index (χ4v) is 5.45. The zero-order valence-corrected chi connectivity index (χ0v) is 14.2. The van der Waals surface area contributed by atoms with Crippen LogP contribution in [0.15, 0.2) is 19.7 Å². The molecule has 0 saturated heterocycles. The number of hydrogen-bond acceptors (Lipinski definition) is 4. The summed E-state index contributed by atoms with van der Waals surface area (Å²) in [6, 6.07) is 3.31. The first kappa shape index (κ1) is 14.0. The summed E-state index contributed by atoms with van der Waals surface area (Å²) < 4.78 is 2.35. The predicted octanol–water partition coefficient (Wildman–Crippen LogP) is 5.04. The molecule has 2 aromatic heterocycles. The quantitative estimate of drug-likeness (QED) is 0.591. The van der Waals surface area contributed by atoms with Gasteiger partial charge in [-0.3, -0.25) is 0 Å². The molecule has 0 atom stereocenters. The van der Waals surface area contributed by atoms with Crippen molar-refractivity contribution in [1.82, 2.24) is 0 Å². The van der Waals surface area contributed by atoms with Gasteiger partial charge in [0.2, 0.25) is 0 Å². The van der Waals surface area contributed by atoms with Gasteiger partial charge >= 0.3 is 11.9 Å². The summed E-state index contributed by atoms with van der Waals surface area (Å²) in [7, 11) is 0. The number of carboxylic acids is 2. The first-order valence-electron chi connectivity index (χ1n) is 5.20. The Labute approximate surface area is 136 Å². The average Bonchev–Trinajstić information content (AvgIpc) is 2.85. The maximum Gasteiger partial charge on any atom is 0.337 e. The highest BCUT2D eigenvalue weighted by Gasteiger charge is 2.25. The number of benzene rings is 1. The molecule has 2 N–H and O–H groups in total. The average molecular weight is 436 g/mol. The Morgan fingerprint density at radius 3 is 1.50 bits per heavy atom. The molecule has 0 aliphatic heterocycles. The van der Waals surface area contributed by atoms with Gasteiger partial charge in [-0.25, -0.2) is 9.59 Å². The maximum atomic E-state index is 11.6. The second-order valence-corrected chi connectivity index (χ2v) is 8.81. The molecule has 3 rings (SSSR count). The van der Waals surface area contributed by atoms with Crippen LogP contribution >= 0.6 is 54.5 Å². The molecular formula is C12H4Br2O4S2. The Morgan fingerprint density at radius 1 is 0.850 bits per heavy atom. The Kier molecular flexibility index (Phi) is 3.36. The second kappa shape index (κ2) is 4.80. The minimum Gasteiger partial charge on any atom is -0.478 e. The van der Waals surface area contributed by atoms with Gasteiger partial charge in [-0.2, -0.15) is 0 Å². The van der Waals surface area contributed by atoms with E-state index in [1.165, 1.54) is 22.7 Å². The lowest BCUT2D eigenvalue weighted by Gasteiger charge is -2.04. The van der Waals surface area contributed by atoms with Gasteiger partial charge in [0.1, 0.15) is 0 Å². The normalized spacial score (nSPS) is 11.3. The minimum atomic E-state index is -1.06. The monoisotopic (exact) mass is 434 g/mol. The maximum absolute atomic E-state index is 11.6. The van der Waals surface area contributed by atoms with E-state index >= 15 is 0 Å². The Morgan fingerprint density at radius 2 is 1.20 bits per heavy atom. The molecule has 4 nitrogen and oxygen atoms in total. The third kappa shape index (κ3) is 1.98. The number of aromatic carboxylic acids is 2. The topological polar surface area (TPSA) is 74.6 Å². The minimum absolute atomic E-state index is 0.151. The molecular weight excluding hydrogens is 432 g/mol. The highest BCUT2D eigenvalue weighted by atomic mass is 79.9. The van der Waals surface area contributed by atoms with E-state index in [1.807, 2.05) is 0 Å². The van der Waals surface area contributed by atoms with Gasteiger partial charge in [0.15, 0.2) is 0 Å². The number of hydrogen-bond donors (Lipinski definition) is 2. The lowest BCUT2D eigenvalue weighted by Crippen LogP contribution is -2.02. The van der Waals surface area contributed by atoms with E-state index in [4.69, 9.17) is 0 Å². The van der Waals surface area contributed by atoms with Crippen LogP contribution in [-0.2, 0) is 0 Å². The highest BCUT2D eigenvalue weighted by molar-refractivity contribution is 9.11. The van der Waals surface area contributed by atoms with Crippen molar-refractivity contribution in [3.63, 3.8) is 0 Å². The van der Waals surface area contributed by atoms with Gasteiger partial charge in [-0.05, 0) is 44.0 Å². The van der Waals surface area contributed by atoms with Crippen LogP contribution in [-0.4, -0.2) is 22.2 Å². The molecule has 8 heteroatoms. The van der Waals surface area contributed by atoms with Crippen molar-refractivity contribution in [2.45, 2.75) is 0 Å². The van der Waals surface area contributed by atoms with Crippen molar-refractivity contribution in [3.8, 4) is 0 Å². The van der Waals surface area contributed by atoms with E-state index in [0.29, 0.717) is 27.7 Å². The van der Waals surface area contributed by atoms with Gasteiger partial charge in [-0.1, -0.05) is 0 Å². The van der Waals surface area contributed by atoms with Crippen molar-refractivity contribution in [2.75, 3.05) is 0 Å². The third-order valence-electron chi connectivity index (χ3n) is 2.82. The molecule has 0 spiro atoms. The number of rotatable bonds is 2. The molecule has 0 aliphatic carbocycles. The van der Waals surface area contributed by atoms with Crippen molar-refractivity contribution < 1.29 is 19.8 Å². The van der Waals surface area contributed by atoms with Gasteiger partial charge in [0.25, 0.3) is 0 Å². The van der Waals surface area contributed by atoms with E-state index in [1.54, 1.807) is 12.1 Å². The van der Waals surface area contributed by atoms with E-state index < -0.39 is 11.9 Å². The molecule has 0 radical (unpaired) electrons. The van der Waals surface area contributed by atoms with Crippen molar-refractivity contribution >= 4 is 86.6 Å². The molecule has 2 heterocycles. The van der Waals surface area contributed by atoms with E-state index in [0.717, 1.165) is 0 Å². The molecule has 0 bridgehead atoms. The first-order valence-corrected chi connectivity index (χ1v) is 8.42. The molecule has 0 unspecified atom stereocenters. The van der Waals surface area contributed by atoms with Crippen LogP contribution in [0.25, 0.3) is 20.2 Å². The summed E-state index contributed by atoms with van der Waals surface area (Å²) in [6.07, 6.45) is 0. The van der Waals surface area contributed by atoms with E-state index in [2.05, 4.69) is 31.9 Å². The van der Waals surface area contributed by atoms with Crippen LogP contribution in [0.4, 0.5) is 0 Å². The standard InChI is InChI=1S/C12H4Br2O4S2/c13-5-1-3-7(11(15)16)10-4(2-6(14)20-10)8(12(17)18)9(3)19-5/h1-2H,(H,15,16)(H,17,18). The van der Waals surface area contributed by atoms with Gasteiger partial charge in [0, 0.05) is 10.8 Å². The van der Waals surface area contributed by atoms with Crippen LogP contribution in [0.1, 0.15) is 20.7 Å².